The number of aromatic nitrogens is 1. The van der Waals surface area contributed by atoms with Crippen LogP contribution in [0.15, 0.2) is 52.5 Å². The molecule has 0 amide bonds. The van der Waals surface area contributed by atoms with E-state index in [2.05, 4.69) is 16.4 Å². The Balaban J connectivity index is 1.95. The maximum Gasteiger partial charge on any atom is 0.101 e. The summed E-state index contributed by atoms with van der Waals surface area (Å²) in [6, 6.07) is 12.0. The van der Waals surface area contributed by atoms with Crippen LogP contribution in [0.3, 0.4) is 0 Å². The molecule has 0 saturated carbocycles. The lowest BCUT2D eigenvalue weighted by Gasteiger charge is -2.08. The molecule has 1 N–H and O–H groups in total. The maximum atomic E-state index is 6.30. The number of benzene rings is 1. The van der Waals surface area contributed by atoms with Crippen LogP contribution >= 0.6 is 23.4 Å². The molecule has 1 aromatic carbocycles. The molecule has 2 aromatic rings. The molecule has 20 heavy (non-hydrogen) atoms. The zero-order valence-electron chi connectivity index (χ0n) is 11.3. The number of halogens is 1. The van der Waals surface area contributed by atoms with Gasteiger partial charge >= 0.3 is 0 Å². The summed E-state index contributed by atoms with van der Waals surface area (Å²) < 4.78 is 4.99. The molecule has 0 atom stereocenters. The van der Waals surface area contributed by atoms with E-state index in [1.807, 2.05) is 30.3 Å². The Morgan fingerprint density at radius 2 is 2.20 bits per heavy atom. The predicted octanol–water partition coefficient (Wildman–Crippen LogP) is 3.62. The summed E-state index contributed by atoms with van der Waals surface area (Å²) in [5.74, 6) is 0. The minimum Gasteiger partial charge on any atom is -0.383 e. The smallest absolute Gasteiger partial charge is 0.101 e. The highest BCUT2D eigenvalue weighted by atomic mass is 35.5. The van der Waals surface area contributed by atoms with E-state index in [0.717, 1.165) is 33.6 Å². The highest BCUT2D eigenvalue weighted by molar-refractivity contribution is 7.99. The number of hydrogen-bond donors (Lipinski definition) is 1. The summed E-state index contributed by atoms with van der Waals surface area (Å²) in [5.41, 5.74) is 1.09. The number of pyridine rings is 1. The van der Waals surface area contributed by atoms with E-state index in [4.69, 9.17) is 16.3 Å². The van der Waals surface area contributed by atoms with Crippen molar-refractivity contribution in [3.8, 4) is 0 Å². The lowest BCUT2D eigenvalue weighted by Crippen LogP contribution is -2.18. The summed E-state index contributed by atoms with van der Waals surface area (Å²) in [7, 11) is 1.69. The topological polar surface area (TPSA) is 34.1 Å². The molecular formula is C15H17ClN2OS. The fourth-order valence-corrected chi connectivity index (χ4v) is 2.79. The molecule has 0 spiro atoms. The Labute approximate surface area is 128 Å². The summed E-state index contributed by atoms with van der Waals surface area (Å²) in [5, 5.41) is 5.03. The average Bonchev–Trinajstić information content (AvgIpc) is 2.46. The van der Waals surface area contributed by atoms with E-state index >= 15 is 0 Å². The third kappa shape index (κ3) is 4.80. The molecule has 0 aliphatic rings. The molecule has 0 radical (unpaired) electrons. The standard InChI is InChI=1S/C15H17ClN2OS/c1-19-9-8-17-11-12-5-6-13(10-14(12)16)20-15-4-2-3-7-18-15/h2-7,10,17H,8-9,11H2,1H3. The van der Waals surface area contributed by atoms with Crippen LogP contribution in [0.5, 0.6) is 0 Å². The Hall–Kier alpha value is -1.07. The number of nitrogens with one attached hydrogen (secondary N) is 1. The number of methoxy groups -OCH3 is 1. The molecule has 0 fully saturated rings. The van der Waals surface area contributed by atoms with Crippen molar-refractivity contribution in [2.45, 2.75) is 16.5 Å². The molecule has 1 heterocycles. The van der Waals surface area contributed by atoms with Crippen molar-refractivity contribution in [1.29, 1.82) is 0 Å². The fourth-order valence-electron chi connectivity index (χ4n) is 1.66. The SMILES string of the molecule is COCCNCc1ccc(Sc2ccccn2)cc1Cl. The number of rotatable bonds is 7. The van der Waals surface area contributed by atoms with Crippen molar-refractivity contribution in [3.63, 3.8) is 0 Å². The van der Waals surface area contributed by atoms with Gasteiger partial charge in [-0.2, -0.15) is 0 Å². The molecule has 5 heteroatoms. The molecule has 1 aromatic heterocycles. The Morgan fingerprint density at radius 3 is 2.90 bits per heavy atom. The quantitative estimate of drug-likeness (QED) is 0.792. The van der Waals surface area contributed by atoms with Gasteiger partial charge in [-0.15, -0.1) is 0 Å². The highest BCUT2D eigenvalue weighted by Crippen LogP contribution is 2.29. The van der Waals surface area contributed by atoms with Gasteiger partial charge in [-0.3, -0.25) is 0 Å². The summed E-state index contributed by atoms with van der Waals surface area (Å²) >= 11 is 7.91. The van der Waals surface area contributed by atoms with E-state index in [1.54, 1.807) is 25.1 Å². The summed E-state index contributed by atoms with van der Waals surface area (Å²) in [4.78, 5) is 5.38. The zero-order valence-corrected chi connectivity index (χ0v) is 12.9. The number of ether oxygens (including phenoxy) is 1. The normalized spacial score (nSPS) is 10.7. The first-order valence-corrected chi connectivity index (χ1v) is 7.56. The van der Waals surface area contributed by atoms with Crippen molar-refractivity contribution in [1.82, 2.24) is 10.3 Å². The maximum absolute atomic E-state index is 6.30. The lowest BCUT2D eigenvalue weighted by molar-refractivity contribution is 0.199. The van der Waals surface area contributed by atoms with Crippen LogP contribution in [-0.2, 0) is 11.3 Å². The largest absolute Gasteiger partial charge is 0.383 e. The van der Waals surface area contributed by atoms with Gasteiger partial charge < -0.3 is 10.1 Å². The van der Waals surface area contributed by atoms with Gasteiger partial charge in [-0.25, -0.2) is 4.98 Å². The number of hydrogen-bond acceptors (Lipinski definition) is 4. The first-order valence-electron chi connectivity index (χ1n) is 6.36. The molecule has 106 valence electrons. The lowest BCUT2D eigenvalue weighted by atomic mass is 10.2. The minimum atomic E-state index is 0.700. The second kappa shape index (κ2) is 8.27. The van der Waals surface area contributed by atoms with Gasteiger partial charge in [0.2, 0.25) is 0 Å². The Bertz CT molecular complexity index is 537. The van der Waals surface area contributed by atoms with Crippen LogP contribution in [0.25, 0.3) is 0 Å². The van der Waals surface area contributed by atoms with Gasteiger partial charge in [0.15, 0.2) is 0 Å². The van der Waals surface area contributed by atoms with Gasteiger partial charge in [-0.05, 0) is 29.8 Å². The fraction of sp³-hybridized carbons (Fsp3) is 0.267. The van der Waals surface area contributed by atoms with E-state index in [9.17, 15) is 0 Å². The van der Waals surface area contributed by atoms with Gasteiger partial charge in [0.1, 0.15) is 5.03 Å². The summed E-state index contributed by atoms with van der Waals surface area (Å²) in [6.07, 6.45) is 1.79. The van der Waals surface area contributed by atoms with Crippen LogP contribution in [0.1, 0.15) is 5.56 Å². The average molecular weight is 309 g/mol. The zero-order chi connectivity index (χ0) is 14.2. The minimum absolute atomic E-state index is 0.700. The van der Waals surface area contributed by atoms with Gasteiger partial charge in [0.25, 0.3) is 0 Å². The van der Waals surface area contributed by atoms with Gasteiger partial charge in [0.05, 0.1) is 6.61 Å². The first kappa shape index (κ1) is 15.3. The monoisotopic (exact) mass is 308 g/mol. The first-order chi connectivity index (χ1) is 9.79. The van der Waals surface area contributed by atoms with Crippen LogP contribution in [0.2, 0.25) is 5.02 Å². The van der Waals surface area contributed by atoms with Crippen LogP contribution in [0, 0.1) is 0 Å². The summed E-state index contributed by atoms with van der Waals surface area (Å²) in [6.45, 7) is 2.26. The predicted molar refractivity (Wildman–Crippen MR) is 83.4 cm³/mol. The number of nitrogens with zero attached hydrogens (tertiary/aromatic N) is 1. The second-order valence-electron chi connectivity index (χ2n) is 4.19. The molecule has 0 aliphatic carbocycles. The van der Waals surface area contributed by atoms with Crippen molar-refractivity contribution in [2.24, 2.45) is 0 Å². The van der Waals surface area contributed by atoms with E-state index < -0.39 is 0 Å². The van der Waals surface area contributed by atoms with E-state index in [-0.39, 0.29) is 0 Å². The molecule has 0 unspecified atom stereocenters. The Morgan fingerprint density at radius 1 is 1.30 bits per heavy atom. The Kier molecular flexibility index (Phi) is 6.33. The molecular weight excluding hydrogens is 292 g/mol. The van der Waals surface area contributed by atoms with Crippen molar-refractivity contribution in [3.05, 3.63) is 53.2 Å². The highest BCUT2D eigenvalue weighted by Gasteiger charge is 2.04. The van der Waals surface area contributed by atoms with Gasteiger partial charge in [-0.1, -0.05) is 35.5 Å². The molecule has 0 aliphatic heterocycles. The molecule has 3 nitrogen and oxygen atoms in total. The van der Waals surface area contributed by atoms with E-state index in [0.29, 0.717) is 6.61 Å². The van der Waals surface area contributed by atoms with Crippen molar-refractivity contribution >= 4 is 23.4 Å². The third-order valence-electron chi connectivity index (χ3n) is 2.68. The third-order valence-corrected chi connectivity index (χ3v) is 3.98. The van der Waals surface area contributed by atoms with Crippen LogP contribution in [-0.4, -0.2) is 25.2 Å². The van der Waals surface area contributed by atoms with Crippen molar-refractivity contribution in [2.75, 3.05) is 20.3 Å². The van der Waals surface area contributed by atoms with E-state index in [1.165, 1.54) is 0 Å². The molecule has 0 saturated heterocycles. The van der Waals surface area contributed by atoms with Crippen LogP contribution < -0.4 is 5.32 Å². The second-order valence-corrected chi connectivity index (χ2v) is 5.69. The van der Waals surface area contributed by atoms with Crippen LogP contribution in [0.4, 0.5) is 0 Å². The molecule has 2 rings (SSSR count). The van der Waals surface area contributed by atoms with Gasteiger partial charge in [0, 0.05) is 36.3 Å². The molecule has 0 bridgehead atoms. The van der Waals surface area contributed by atoms with Crippen molar-refractivity contribution < 1.29 is 4.74 Å².